The lowest BCUT2D eigenvalue weighted by Crippen LogP contribution is -2.36. The van der Waals surface area contributed by atoms with Gasteiger partial charge in [-0.2, -0.15) is 0 Å². The molecule has 0 radical (unpaired) electrons. The number of likely N-dealkylation sites (tertiary alicyclic amines) is 1. The smallest absolute Gasteiger partial charge is 0.234 e. The summed E-state index contributed by atoms with van der Waals surface area (Å²) in [7, 11) is 0. The molecule has 2 fully saturated rings. The third kappa shape index (κ3) is 7.18. The topological polar surface area (TPSA) is 64.7 Å². The van der Waals surface area contributed by atoms with Gasteiger partial charge in [0.1, 0.15) is 0 Å². The maximum atomic E-state index is 12.3. The van der Waals surface area contributed by atoms with Gasteiger partial charge in [0.05, 0.1) is 6.54 Å². The van der Waals surface area contributed by atoms with Crippen molar-refractivity contribution in [2.24, 2.45) is 0 Å². The number of anilines is 1. The maximum absolute atomic E-state index is 12.3. The highest BCUT2D eigenvalue weighted by molar-refractivity contribution is 5.78. The third-order valence-corrected chi connectivity index (χ3v) is 7.07. The zero-order chi connectivity index (χ0) is 24.5. The molecule has 0 aliphatic carbocycles. The highest BCUT2D eigenvalue weighted by Crippen LogP contribution is 2.28. The molecule has 0 unspecified atom stereocenters. The summed E-state index contributed by atoms with van der Waals surface area (Å²) in [4.78, 5) is 28.9. The van der Waals surface area contributed by atoms with E-state index in [1.807, 2.05) is 17.0 Å². The van der Waals surface area contributed by atoms with Gasteiger partial charge in [0.15, 0.2) is 0 Å². The molecule has 2 aliphatic heterocycles. The van der Waals surface area contributed by atoms with E-state index in [1.165, 1.54) is 28.0 Å². The molecular weight excluding hydrogens is 436 g/mol. The average Bonchev–Trinajstić information content (AvgIpc) is 2.87. The molecule has 2 aliphatic rings. The number of rotatable bonds is 9. The van der Waals surface area contributed by atoms with E-state index in [-0.39, 0.29) is 11.8 Å². The molecule has 2 N–H and O–H groups in total. The van der Waals surface area contributed by atoms with Crippen LogP contribution in [0, 0.1) is 6.92 Å². The SMILES string of the molecule is Cc1ccccc1CNCC(=O)NCC=C1CCN(c2ccccc2CN2CCCCC2=O)CC1. The van der Waals surface area contributed by atoms with Gasteiger partial charge in [-0.05, 0) is 55.4 Å². The Morgan fingerprint density at radius 3 is 2.46 bits per heavy atom. The maximum Gasteiger partial charge on any atom is 0.234 e. The lowest BCUT2D eigenvalue weighted by atomic mass is 10.0. The van der Waals surface area contributed by atoms with E-state index in [9.17, 15) is 9.59 Å². The Kier molecular flexibility index (Phi) is 8.96. The van der Waals surface area contributed by atoms with Crippen LogP contribution in [0.1, 0.15) is 48.8 Å². The molecule has 0 spiro atoms. The van der Waals surface area contributed by atoms with Crippen LogP contribution in [0.4, 0.5) is 5.69 Å². The zero-order valence-electron chi connectivity index (χ0n) is 20.9. The van der Waals surface area contributed by atoms with Crippen molar-refractivity contribution in [1.82, 2.24) is 15.5 Å². The van der Waals surface area contributed by atoms with Crippen LogP contribution in [-0.4, -0.2) is 49.4 Å². The van der Waals surface area contributed by atoms with Gasteiger partial charge < -0.3 is 20.4 Å². The summed E-state index contributed by atoms with van der Waals surface area (Å²) >= 11 is 0. The first-order valence-electron chi connectivity index (χ1n) is 12.9. The monoisotopic (exact) mass is 474 g/mol. The van der Waals surface area contributed by atoms with E-state index in [4.69, 9.17) is 0 Å². The first-order valence-corrected chi connectivity index (χ1v) is 12.9. The van der Waals surface area contributed by atoms with E-state index >= 15 is 0 Å². The largest absolute Gasteiger partial charge is 0.371 e. The predicted molar refractivity (Wildman–Crippen MR) is 141 cm³/mol. The first kappa shape index (κ1) is 25.0. The molecule has 2 saturated heterocycles. The molecule has 0 saturated carbocycles. The number of hydrogen-bond donors (Lipinski definition) is 2. The van der Waals surface area contributed by atoms with Crippen LogP contribution >= 0.6 is 0 Å². The Bertz CT molecular complexity index is 1040. The number of piperidine rings is 2. The Labute approximate surface area is 209 Å². The number of carbonyl (C=O) groups is 2. The Morgan fingerprint density at radius 2 is 1.69 bits per heavy atom. The van der Waals surface area contributed by atoms with Crippen LogP contribution in [0.15, 0.2) is 60.2 Å². The predicted octanol–water partition coefficient (Wildman–Crippen LogP) is 3.94. The number of nitrogens with zero attached hydrogens (tertiary/aromatic N) is 2. The van der Waals surface area contributed by atoms with Gasteiger partial charge in [0, 0.05) is 51.4 Å². The highest BCUT2D eigenvalue weighted by atomic mass is 16.2. The van der Waals surface area contributed by atoms with Crippen molar-refractivity contribution in [3.63, 3.8) is 0 Å². The first-order chi connectivity index (χ1) is 17.1. The molecule has 35 heavy (non-hydrogen) atoms. The van der Waals surface area contributed by atoms with E-state index in [0.717, 1.165) is 45.3 Å². The molecular formula is C29H38N4O2. The molecule has 0 atom stereocenters. The van der Waals surface area contributed by atoms with Gasteiger partial charge in [0.2, 0.25) is 11.8 Å². The summed E-state index contributed by atoms with van der Waals surface area (Å²) in [6.07, 6.45) is 6.97. The molecule has 0 bridgehead atoms. The van der Waals surface area contributed by atoms with Crippen LogP contribution in [0.25, 0.3) is 0 Å². The van der Waals surface area contributed by atoms with Gasteiger partial charge in [-0.1, -0.05) is 54.1 Å². The number of carbonyl (C=O) groups excluding carboxylic acids is 2. The van der Waals surface area contributed by atoms with Gasteiger partial charge >= 0.3 is 0 Å². The van der Waals surface area contributed by atoms with Crippen molar-refractivity contribution < 1.29 is 9.59 Å². The quantitative estimate of drug-likeness (QED) is 0.541. The molecule has 2 amide bonds. The van der Waals surface area contributed by atoms with Gasteiger partial charge in [-0.25, -0.2) is 0 Å². The lowest BCUT2D eigenvalue weighted by molar-refractivity contribution is -0.133. The highest BCUT2D eigenvalue weighted by Gasteiger charge is 2.21. The summed E-state index contributed by atoms with van der Waals surface area (Å²) in [6, 6.07) is 16.7. The van der Waals surface area contributed by atoms with Gasteiger partial charge in [0.25, 0.3) is 0 Å². The molecule has 2 heterocycles. The van der Waals surface area contributed by atoms with Gasteiger partial charge in [-0.3, -0.25) is 9.59 Å². The minimum Gasteiger partial charge on any atom is -0.371 e. The van der Waals surface area contributed by atoms with E-state index in [2.05, 4.69) is 64.9 Å². The van der Waals surface area contributed by atoms with Crippen LogP contribution in [0.5, 0.6) is 0 Å². The fraction of sp³-hybridized carbons (Fsp3) is 0.448. The van der Waals surface area contributed by atoms with E-state index in [0.29, 0.717) is 32.6 Å². The van der Waals surface area contributed by atoms with Crippen molar-refractivity contribution in [3.8, 4) is 0 Å². The van der Waals surface area contributed by atoms with E-state index in [1.54, 1.807) is 0 Å². The third-order valence-electron chi connectivity index (χ3n) is 7.07. The number of aryl methyl sites for hydroxylation is 1. The molecule has 0 aromatic heterocycles. The second-order valence-corrected chi connectivity index (χ2v) is 9.58. The van der Waals surface area contributed by atoms with Crippen molar-refractivity contribution in [1.29, 1.82) is 0 Å². The van der Waals surface area contributed by atoms with Crippen LogP contribution in [0.3, 0.4) is 0 Å². The molecule has 6 nitrogen and oxygen atoms in total. The molecule has 2 aromatic carbocycles. The minimum atomic E-state index is 0.0223. The summed E-state index contributed by atoms with van der Waals surface area (Å²) in [5.74, 6) is 0.302. The number of hydrogen-bond acceptors (Lipinski definition) is 4. The molecule has 186 valence electrons. The molecule has 2 aromatic rings. The molecule has 6 heteroatoms. The van der Waals surface area contributed by atoms with Crippen molar-refractivity contribution in [2.75, 3.05) is 37.6 Å². The second-order valence-electron chi connectivity index (χ2n) is 9.58. The fourth-order valence-electron chi connectivity index (χ4n) is 4.92. The number of para-hydroxylation sites is 1. The van der Waals surface area contributed by atoms with Crippen LogP contribution in [-0.2, 0) is 22.7 Å². The number of nitrogens with one attached hydrogen (secondary N) is 2. The summed E-state index contributed by atoms with van der Waals surface area (Å²) in [6.45, 7) is 7.18. The van der Waals surface area contributed by atoms with Crippen molar-refractivity contribution >= 4 is 17.5 Å². The zero-order valence-corrected chi connectivity index (χ0v) is 20.9. The summed E-state index contributed by atoms with van der Waals surface area (Å²) < 4.78 is 0. The molecule has 4 rings (SSSR count). The average molecular weight is 475 g/mol. The standard InChI is InChI=1S/C29H38N4O2/c1-23-8-2-3-9-25(23)20-30-21-28(34)31-16-13-24-14-18-32(19-15-24)27-11-5-4-10-26(27)22-33-17-7-6-12-29(33)35/h2-5,8-11,13,30H,6-7,12,14-22H2,1H3,(H,31,34). The minimum absolute atomic E-state index is 0.0223. The van der Waals surface area contributed by atoms with Crippen LogP contribution in [0.2, 0.25) is 0 Å². The van der Waals surface area contributed by atoms with E-state index < -0.39 is 0 Å². The normalized spacial score (nSPS) is 16.4. The Morgan fingerprint density at radius 1 is 0.943 bits per heavy atom. The second kappa shape index (κ2) is 12.5. The lowest BCUT2D eigenvalue weighted by Gasteiger charge is -2.34. The van der Waals surface area contributed by atoms with Crippen molar-refractivity contribution in [2.45, 2.75) is 52.1 Å². The Hall–Kier alpha value is -3.12. The number of amides is 2. The van der Waals surface area contributed by atoms with Crippen LogP contribution < -0.4 is 15.5 Å². The fourth-order valence-corrected chi connectivity index (χ4v) is 4.92. The summed E-state index contributed by atoms with van der Waals surface area (Å²) in [5, 5.41) is 6.23. The van der Waals surface area contributed by atoms with Crippen molar-refractivity contribution in [3.05, 3.63) is 76.9 Å². The summed E-state index contributed by atoms with van der Waals surface area (Å²) in [5.41, 5.74) is 6.34. The number of benzene rings is 2. The Balaban J connectivity index is 1.20. The van der Waals surface area contributed by atoms with Gasteiger partial charge in [-0.15, -0.1) is 0 Å².